The molecule has 0 aliphatic rings. The van der Waals surface area contributed by atoms with Gasteiger partial charge in [0.15, 0.2) is 0 Å². The van der Waals surface area contributed by atoms with Gasteiger partial charge >= 0.3 is 0 Å². The lowest BCUT2D eigenvalue weighted by Crippen LogP contribution is -2.03. The fourth-order valence-corrected chi connectivity index (χ4v) is 2.26. The van der Waals surface area contributed by atoms with Gasteiger partial charge in [0.1, 0.15) is 17.3 Å². The number of hydrogen-bond acceptors (Lipinski definition) is 3. The lowest BCUT2D eigenvalue weighted by Gasteiger charge is -2.14. The Labute approximate surface area is 124 Å². The van der Waals surface area contributed by atoms with E-state index in [0.29, 0.717) is 24.7 Å². The van der Waals surface area contributed by atoms with E-state index in [-0.39, 0.29) is 5.82 Å². The summed E-state index contributed by atoms with van der Waals surface area (Å²) in [5, 5.41) is 13.0. The molecule has 3 nitrogen and oxygen atoms in total. The molecular weight excluding hydrogens is 269 g/mol. The molecule has 0 aliphatic heterocycles. The number of phenols is 1. The van der Waals surface area contributed by atoms with E-state index in [4.69, 9.17) is 4.74 Å². The van der Waals surface area contributed by atoms with Gasteiger partial charge < -0.3 is 15.2 Å². The van der Waals surface area contributed by atoms with Crippen molar-refractivity contribution in [1.29, 1.82) is 0 Å². The molecule has 0 aromatic heterocycles. The molecule has 0 heterocycles. The highest BCUT2D eigenvalue weighted by Gasteiger charge is 2.07. The third kappa shape index (κ3) is 3.66. The number of benzene rings is 2. The van der Waals surface area contributed by atoms with Gasteiger partial charge in [-0.1, -0.05) is 12.1 Å². The molecule has 2 N–H and O–H groups in total. The van der Waals surface area contributed by atoms with Gasteiger partial charge in [-0.25, -0.2) is 4.39 Å². The van der Waals surface area contributed by atoms with Crippen molar-refractivity contribution in [3.63, 3.8) is 0 Å². The number of aromatic hydroxyl groups is 1. The van der Waals surface area contributed by atoms with Gasteiger partial charge in [0.2, 0.25) is 0 Å². The maximum absolute atomic E-state index is 13.2. The van der Waals surface area contributed by atoms with Gasteiger partial charge in [0, 0.05) is 12.6 Å². The molecular formula is C17H20FNO2. The molecule has 0 saturated heterocycles. The van der Waals surface area contributed by atoms with Gasteiger partial charge in [0.25, 0.3) is 0 Å². The molecule has 4 heteroatoms. The van der Waals surface area contributed by atoms with Crippen LogP contribution in [0.3, 0.4) is 0 Å². The first-order valence-electron chi connectivity index (χ1n) is 6.96. The van der Waals surface area contributed by atoms with Gasteiger partial charge in [-0.2, -0.15) is 0 Å². The van der Waals surface area contributed by atoms with Crippen molar-refractivity contribution >= 4 is 5.69 Å². The van der Waals surface area contributed by atoms with Crippen LogP contribution in [0.1, 0.15) is 23.6 Å². The van der Waals surface area contributed by atoms with Crippen LogP contribution in [0.4, 0.5) is 10.1 Å². The van der Waals surface area contributed by atoms with Crippen LogP contribution in [0.15, 0.2) is 30.3 Å². The van der Waals surface area contributed by atoms with Crippen LogP contribution < -0.4 is 10.1 Å². The van der Waals surface area contributed by atoms with Crippen LogP contribution in [0.2, 0.25) is 0 Å². The summed E-state index contributed by atoms with van der Waals surface area (Å²) < 4.78 is 18.7. The molecule has 112 valence electrons. The summed E-state index contributed by atoms with van der Waals surface area (Å²) in [5.41, 5.74) is 3.49. The first-order chi connectivity index (χ1) is 10.0. The van der Waals surface area contributed by atoms with Crippen molar-refractivity contribution < 1.29 is 14.2 Å². The number of ether oxygens (including phenoxy) is 1. The highest BCUT2D eigenvalue weighted by atomic mass is 19.1. The zero-order valence-corrected chi connectivity index (χ0v) is 12.5. The van der Waals surface area contributed by atoms with Crippen LogP contribution in [0.25, 0.3) is 0 Å². The minimum absolute atomic E-state index is 0.319. The molecule has 2 aromatic rings. The summed E-state index contributed by atoms with van der Waals surface area (Å²) in [6.07, 6.45) is 0. The molecule has 0 spiro atoms. The van der Waals surface area contributed by atoms with E-state index in [1.807, 2.05) is 32.9 Å². The zero-order valence-electron chi connectivity index (χ0n) is 12.5. The third-order valence-corrected chi connectivity index (χ3v) is 3.28. The van der Waals surface area contributed by atoms with Crippen molar-refractivity contribution in [3.8, 4) is 11.5 Å². The van der Waals surface area contributed by atoms with E-state index < -0.39 is 0 Å². The zero-order chi connectivity index (χ0) is 15.4. The van der Waals surface area contributed by atoms with Gasteiger partial charge in [0.05, 0.1) is 12.3 Å². The van der Waals surface area contributed by atoms with E-state index in [1.54, 1.807) is 6.07 Å². The van der Waals surface area contributed by atoms with Gasteiger partial charge in [-0.05, 0) is 49.6 Å². The monoisotopic (exact) mass is 289 g/mol. The Morgan fingerprint density at radius 1 is 1.14 bits per heavy atom. The molecule has 0 saturated carbocycles. The number of hydrogen-bond donors (Lipinski definition) is 2. The fraction of sp³-hybridized carbons (Fsp3) is 0.294. The van der Waals surface area contributed by atoms with Crippen molar-refractivity contribution in [3.05, 3.63) is 52.8 Å². The molecule has 0 unspecified atom stereocenters. The minimum atomic E-state index is -0.319. The summed E-state index contributed by atoms with van der Waals surface area (Å²) in [4.78, 5) is 0. The predicted molar refractivity (Wildman–Crippen MR) is 82.5 cm³/mol. The second-order valence-electron chi connectivity index (χ2n) is 5.01. The SMILES string of the molecule is CCOc1cc(F)ccc1NCc1cc(C)c(O)c(C)c1. The smallest absolute Gasteiger partial charge is 0.145 e. The maximum atomic E-state index is 13.2. The van der Waals surface area contributed by atoms with Crippen LogP contribution in [-0.4, -0.2) is 11.7 Å². The van der Waals surface area contributed by atoms with E-state index in [2.05, 4.69) is 5.32 Å². The van der Waals surface area contributed by atoms with E-state index in [0.717, 1.165) is 22.4 Å². The van der Waals surface area contributed by atoms with E-state index >= 15 is 0 Å². The lowest BCUT2D eigenvalue weighted by atomic mass is 10.1. The third-order valence-electron chi connectivity index (χ3n) is 3.28. The van der Waals surface area contributed by atoms with Crippen molar-refractivity contribution in [2.24, 2.45) is 0 Å². The van der Waals surface area contributed by atoms with Crippen LogP contribution in [0.5, 0.6) is 11.5 Å². The highest BCUT2D eigenvalue weighted by Crippen LogP contribution is 2.27. The molecule has 2 rings (SSSR count). The first-order valence-corrected chi connectivity index (χ1v) is 6.96. The Kier molecular flexibility index (Phi) is 4.68. The Morgan fingerprint density at radius 3 is 2.43 bits per heavy atom. The van der Waals surface area contributed by atoms with E-state index in [1.165, 1.54) is 12.1 Å². The number of phenolic OH excluding ortho intramolecular Hbond substituents is 1. The summed E-state index contributed by atoms with van der Waals surface area (Å²) >= 11 is 0. The Morgan fingerprint density at radius 2 is 1.81 bits per heavy atom. The van der Waals surface area contributed by atoms with Crippen molar-refractivity contribution in [2.45, 2.75) is 27.3 Å². The topological polar surface area (TPSA) is 41.5 Å². The Hall–Kier alpha value is -2.23. The van der Waals surface area contributed by atoms with Crippen molar-refractivity contribution in [2.75, 3.05) is 11.9 Å². The van der Waals surface area contributed by atoms with Crippen LogP contribution in [0, 0.1) is 19.7 Å². The second kappa shape index (κ2) is 6.48. The highest BCUT2D eigenvalue weighted by molar-refractivity contribution is 5.57. The fourth-order valence-electron chi connectivity index (χ4n) is 2.26. The molecule has 0 aliphatic carbocycles. The standard InChI is InChI=1S/C17H20FNO2/c1-4-21-16-9-14(18)5-6-15(16)19-10-13-7-11(2)17(20)12(3)8-13/h5-9,19-20H,4,10H2,1-3H3. The maximum Gasteiger partial charge on any atom is 0.145 e. The normalized spacial score (nSPS) is 10.5. The predicted octanol–water partition coefficient (Wildman–Crippen LogP) is 4.16. The molecule has 0 fully saturated rings. The molecule has 0 bridgehead atoms. The number of nitrogens with one attached hydrogen (secondary N) is 1. The number of anilines is 1. The molecule has 2 aromatic carbocycles. The van der Waals surface area contributed by atoms with E-state index in [9.17, 15) is 9.50 Å². The summed E-state index contributed by atoms with van der Waals surface area (Å²) in [6.45, 7) is 6.66. The Balaban J connectivity index is 2.16. The molecule has 0 atom stereocenters. The average molecular weight is 289 g/mol. The van der Waals surface area contributed by atoms with Crippen molar-refractivity contribution in [1.82, 2.24) is 0 Å². The average Bonchev–Trinajstić information content (AvgIpc) is 2.44. The number of halogens is 1. The number of rotatable bonds is 5. The minimum Gasteiger partial charge on any atom is -0.507 e. The molecule has 21 heavy (non-hydrogen) atoms. The van der Waals surface area contributed by atoms with Crippen LogP contribution >= 0.6 is 0 Å². The number of aryl methyl sites for hydroxylation is 2. The van der Waals surface area contributed by atoms with Gasteiger partial charge in [-0.3, -0.25) is 0 Å². The second-order valence-corrected chi connectivity index (χ2v) is 5.01. The Bertz CT molecular complexity index is 618. The molecule has 0 amide bonds. The largest absolute Gasteiger partial charge is 0.507 e. The molecule has 0 radical (unpaired) electrons. The quantitative estimate of drug-likeness (QED) is 0.868. The first kappa shape index (κ1) is 15.2. The van der Waals surface area contributed by atoms with Gasteiger partial charge in [-0.15, -0.1) is 0 Å². The summed E-state index contributed by atoms with van der Waals surface area (Å²) in [6, 6.07) is 8.30. The van der Waals surface area contributed by atoms with Crippen LogP contribution in [-0.2, 0) is 6.54 Å². The lowest BCUT2D eigenvalue weighted by molar-refractivity contribution is 0.340. The summed E-state index contributed by atoms with van der Waals surface area (Å²) in [7, 11) is 0. The summed E-state index contributed by atoms with van der Waals surface area (Å²) in [5.74, 6) is 0.514.